The van der Waals surface area contributed by atoms with Gasteiger partial charge in [0.15, 0.2) is 0 Å². The Labute approximate surface area is 102 Å². The minimum atomic E-state index is -2.81. The molecule has 1 aromatic heterocycles. The van der Waals surface area contributed by atoms with Gasteiger partial charge >= 0.3 is 0 Å². The molecular weight excluding hydrogens is 242 g/mol. The van der Waals surface area contributed by atoms with Crippen molar-refractivity contribution in [3.63, 3.8) is 0 Å². The van der Waals surface area contributed by atoms with E-state index in [1.165, 1.54) is 5.56 Å². The highest BCUT2D eigenvalue weighted by Gasteiger charge is 2.08. The maximum atomic E-state index is 11.2. The first-order valence-electron chi connectivity index (χ1n) is 5.51. The van der Waals surface area contributed by atoms with Crippen LogP contribution in [0.4, 0.5) is 0 Å². The van der Waals surface area contributed by atoms with E-state index in [2.05, 4.69) is 29.1 Å². The predicted molar refractivity (Wildman–Crippen MR) is 69.7 cm³/mol. The monoisotopic (exact) mass is 261 g/mol. The smallest absolute Gasteiger partial charge is 0.150 e. The SMILES string of the molecule is CCS(=O)(=O)CCCNC(C)c1ccsc1. The van der Waals surface area contributed by atoms with Crippen LogP contribution in [-0.2, 0) is 9.84 Å². The maximum Gasteiger partial charge on any atom is 0.150 e. The summed E-state index contributed by atoms with van der Waals surface area (Å²) in [5.41, 5.74) is 1.27. The first-order chi connectivity index (χ1) is 7.55. The fraction of sp³-hybridized carbons (Fsp3) is 0.636. The van der Waals surface area contributed by atoms with Crippen LogP contribution in [0.3, 0.4) is 0 Å². The molecule has 0 saturated heterocycles. The molecule has 0 radical (unpaired) electrons. The van der Waals surface area contributed by atoms with Crippen LogP contribution in [-0.4, -0.2) is 26.5 Å². The second kappa shape index (κ2) is 6.37. The molecule has 1 N–H and O–H groups in total. The molecule has 1 atom stereocenters. The standard InChI is InChI=1S/C11H19NO2S2/c1-3-16(13,14)8-4-6-12-10(2)11-5-7-15-9-11/h5,7,9-10,12H,3-4,6,8H2,1-2H3. The quantitative estimate of drug-likeness (QED) is 0.766. The Kier molecular flexibility index (Phi) is 5.44. The summed E-state index contributed by atoms with van der Waals surface area (Å²) in [6.07, 6.45) is 0.685. The number of nitrogens with one attached hydrogen (secondary N) is 1. The number of hydrogen-bond acceptors (Lipinski definition) is 4. The Bertz CT molecular complexity index is 384. The Morgan fingerprint density at radius 2 is 2.25 bits per heavy atom. The van der Waals surface area contributed by atoms with Crippen molar-refractivity contribution in [3.05, 3.63) is 22.4 Å². The fourth-order valence-electron chi connectivity index (χ4n) is 1.39. The topological polar surface area (TPSA) is 46.2 Å². The molecule has 0 aliphatic rings. The molecule has 16 heavy (non-hydrogen) atoms. The third kappa shape index (κ3) is 4.63. The molecule has 0 fully saturated rings. The second-order valence-electron chi connectivity index (χ2n) is 3.82. The van der Waals surface area contributed by atoms with Crippen molar-refractivity contribution in [2.75, 3.05) is 18.1 Å². The summed E-state index contributed by atoms with van der Waals surface area (Å²) < 4.78 is 22.5. The van der Waals surface area contributed by atoms with Gasteiger partial charge in [0.1, 0.15) is 9.84 Å². The fourth-order valence-corrected chi connectivity index (χ4v) is 3.02. The molecule has 1 heterocycles. The number of thiophene rings is 1. The summed E-state index contributed by atoms with van der Waals surface area (Å²) in [6, 6.07) is 2.39. The van der Waals surface area contributed by atoms with Crippen LogP contribution in [0.25, 0.3) is 0 Å². The van der Waals surface area contributed by atoms with Crippen LogP contribution < -0.4 is 5.32 Å². The summed E-state index contributed by atoms with van der Waals surface area (Å²) in [6.45, 7) is 4.53. The van der Waals surface area contributed by atoms with Gasteiger partial charge in [0.05, 0.1) is 5.75 Å². The molecule has 3 nitrogen and oxygen atoms in total. The molecule has 0 aromatic carbocycles. The highest BCUT2D eigenvalue weighted by molar-refractivity contribution is 7.91. The van der Waals surface area contributed by atoms with Gasteiger partial charge < -0.3 is 5.32 Å². The molecular formula is C11H19NO2S2. The first kappa shape index (κ1) is 13.7. The molecule has 1 unspecified atom stereocenters. The highest BCUT2D eigenvalue weighted by atomic mass is 32.2. The van der Waals surface area contributed by atoms with E-state index >= 15 is 0 Å². The lowest BCUT2D eigenvalue weighted by Gasteiger charge is -2.12. The molecule has 92 valence electrons. The summed E-state index contributed by atoms with van der Waals surface area (Å²) >= 11 is 1.68. The number of hydrogen-bond donors (Lipinski definition) is 1. The van der Waals surface area contributed by atoms with E-state index in [1.807, 2.05) is 0 Å². The Morgan fingerprint density at radius 3 is 2.81 bits per heavy atom. The van der Waals surface area contributed by atoms with Crippen molar-refractivity contribution in [3.8, 4) is 0 Å². The molecule has 0 bridgehead atoms. The summed E-state index contributed by atoms with van der Waals surface area (Å²) in [4.78, 5) is 0. The van der Waals surface area contributed by atoms with Gasteiger partial charge in [-0.05, 0) is 42.3 Å². The average Bonchev–Trinajstić information content (AvgIpc) is 2.77. The van der Waals surface area contributed by atoms with Crippen molar-refractivity contribution >= 4 is 21.2 Å². The molecule has 0 aliphatic heterocycles. The van der Waals surface area contributed by atoms with Gasteiger partial charge in [-0.1, -0.05) is 6.92 Å². The lowest BCUT2D eigenvalue weighted by molar-refractivity contribution is 0.561. The van der Waals surface area contributed by atoms with Crippen LogP contribution in [0.2, 0.25) is 0 Å². The zero-order chi connectivity index (χ0) is 12.0. The van der Waals surface area contributed by atoms with Gasteiger partial charge in [0, 0.05) is 11.8 Å². The van der Waals surface area contributed by atoms with Crippen molar-refractivity contribution in [1.29, 1.82) is 0 Å². The van der Waals surface area contributed by atoms with E-state index in [9.17, 15) is 8.42 Å². The van der Waals surface area contributed by atoms with Crippen LogP contribution in [0.5, 0.6) is 0 Å². The van der Waals surface area contributed by atoms with E-state index in [-0.39, 0.29) is 11.5 Å². The van der Waals surface area contributed by atoms with Crippen molar-refractivity contribution in [2.24, 2.45) is 0 Å². The van der Waals surface area contributed by atoms with Crippen LogP contribution in [0.1, 0.15) is 31.9 Å². The highest BCUT2D eigenvalue weighted by Crippen LogP contribution is 2.15. The maximum absolute atomic E-state index is 11.2. The molecule has 0 aliphatic carbocycles. The lowest BCUT2D eigenvalue weighted by Crippen LogP contribution is -2.22. The second-order valence-corrected chi connectivity index (χ2v) is 7.08. The van der Waals surface area contributed by atoms with Gasteiger partial charge in [0.25, 0.3) is 0 Å². The lowest BCUT2D eigenvalue weighted by atomic mass is 10.2. The third-order valence-corrected chi connectivity index (χ3v) is 5.06. The van der Waals surface area contributed by atoms with E-state index in [4.69, 9.17) is 0 Å². The van der Waals surface area contributed by atoms with Crippen molar-refractivity contribution in [1.82, 2.24) is 5.32 Å². The van der Waals surface area contributed by atoms with Gasteiger partial charge in [0.2, 0.25) is 0 Å². The molecule has 0 amide bonds. The van der Waals surface area contributed by atoms with Gasteiger partial charge in [-0.2, -0.15) is 11.3 Å². The molecule has 5 heteroatoms. The Morgan fingerprint density at radius 1 is 1.50 bits per heavy atom. The first-order valence-corrected chi connectivity index (χ1v) is 8.27. The van der Waals surface area contributed by atoms with Gasteiger partial charge in [-0.15, -0.1) is 0 Å². The number of sulfone groups is 1. The normalized spacial score (nSPS) is 13.9. The van der Waals surface area contributed by atoms with E-state index < -0.39 is 9.84 Å². The van der Waals surface area contributed by atoms with E-state index in [0.717, 1.165) is 6.54 Å². The average molecular weight is 261 g/mol. The zero-order valence-electron chi connectivity index (χ0n) is 9.77. The Hall–Kier alpha value is -0.390. The number of rotatable bonds is 7. The van der Waals surface area contributed by atoms with Crippen LogP contribution >= 0.6 is 11.3 Å². The molecule has 1 rings (SSSR count). The molecule has 0 spiro atoms. The Balaban J connectivity index is 2.22. The zero-order valence-corrected chi connectivity index (χ0v) is 11.4. The van der Waals surface area contributed by atoms with Crippen molar-refractivity contribution < 1.29 is 8.42 Å². The largest absolute Gasteiger partial charge is 0.310 e. The van der Waals surface area contributed by atoms with E-state index in [1.54, 1.807) is 18.3 Å². The summed E-state index contributed by atoms with van der Waals surface area (Å²) in [5.74, 6) is 0.528. The van der Waals surface area contributed by atoms with Gasteiger partial charge in [-0.25, -0.2) is 8.42 Å². The third-order valence-electron chi connectivity index (χ3n) is 2.57. The minimum Gasteiger partial charge on any atom is -0.310 e. The predicted octanol–water partition coefficient (Wildman–Crippen LogP) is 2.22. The van der Waals surface area contributed by atoms with Crippen LogP contribution in [0.15, 0.2) is 16.8 Å². The van der Waals surface area contributed by atoms with Gasteiger partial charge in [-0.3, -0.25) is 0 Å². The molecule has 1 aromatic rings. The van der Waals surface area contributed by atoms with E-state index in [0.29, 0.717) is 12.5 Å². The molecule has 0 saturated carbocycles. The van der Waals surface area contributed by atoms with Crippen molar-refractivity contribution in [2.45, 2.75) is 26.3 Å². The summed E-state index contributed by atoms with van der Waals surface area (Å²) in [7, 11) is -2.81. The minimum absolute atomic E-state index is 0.243. The van der Waals surface area contributed by atoms with Crippen LogP contribution in [0, 0.1) is 0 Å². The summed E-state index contributed by atoms with van der Waals surface area (Å²) in [5, 5.41) is 7.49.